The summed E-state index contributed by atoms with van der Waals surface area (Å²) >= 11 is 2.10. The third-order valence-electron chi connectivity index (χ3n) is 6.48. The molecule has 224 valence electrons. The SMILES string of the molecule is Cc1onc(-c2ccccc2)c1COc1ccc(I)nn1.Cc1onc(-c2ccccc2)c1COc1ccc(N(C)C)nn1. The van der Waals surface area contributed by atoms with Crippen LogP contribution in [0.25, 0.3) is 22.5 Å². The largest absolute Gasteiger partial charge is 0.472 e. The topological polar surface area (TPSA) is 125 Å². The van der Waals surface area contributed by atoms with Crippen molar-refractivity contribution in [1.29, 1.82) is 0 Å². The van der Waals surface area contributed by atoms with Gasteiger partial charge in [-0.3, -0.25) is 0 Å². The molecule has 0 saturated heterocycles. The number of aromatic nitrogens is 6. The highest BCUT2D eigenvalue weighted by Gasteiger charge is 2.16. The quantitative estimate of drug-likeness (QED) is 0.149. The van der Waals surface area contributed by atoms with Crippen molar-refractivity contribution in [2.24, 2.45) is 0 Å². The maximum atomic E-state index is 5.74. The minimum absolute atomic E-state index is 0.329. The van der Waals surface area contributed by atoms with Gasteiger partial charge in [-0.1, -0.05) is 71.0 Å². The third kappa shape index (κ3) is 7.75. The molecule has 0 fully saturated rings. The van der Waals surface area contributed by atoms with Gasteiger partial charge >= 0.3 is 0 Å². The van der Waals surface area contributed by atoms with E-state index in [0.717, 1.165) is 54.7 Å². The number of nitrogens with zero attached hydrogens (tertiary/aromatic N) is 7. The molecule has 0 amide bonds. The fourth-order valence-electron chi connectivity index (χ4n) is 4.07. The van der Waals surface area contributed by atoms with Gasteiger partial charge in [0.15, 0.2) is 5.82 Å². The Hall–Kier alpha value is -4.85. The van der Waals surface area contributed by atoms with Crippen molar-refractivity contribution in [3.05, 3.63) is 111 Å². The van der Waals surface area contributed by atoms with Gasteiger partial charge in [0.05, 0.1) is 11.1 Å². The molecule has 0 aliphatic rings. The second-order valence-corrected chi connectivity index (χ2v) is 10.9. The first-order chi connectivity index (χ1) is 21.4. The second-order valence-electron chi connectivity index (χ2n) is 9.76. The van der Waals surface area contributed by atoms with Crippen molar-refractivity contribution in [3.63, 3.8) is 0 Å². The molecule has 0 radical (unpaired) electrons. The molecular formula is C32H30IN7O4. The Balaban J connectivity index is 0.000000175. The van der Waals surface area contributed by atoms with E-state index in [0.29, 0.717) is 25.0 Å². The van der Waals surface area contributed by atoms with Crippen molar-refractivity contribution in [2.75, 3.05) is 19.0 Å². The summed E-state index contributed by atoms with van der Waals surface area (Å²) in [5.74, 6) is 3.21. The summed E-state index contributed by atoms with van der Waals surface area (Å²) in [4.78, 5) is 1.88. The lowest BCUT2D eigenvalue weighted by Gasteiger charge is -2.10. The van der Waals surface area contributed by atoms with Crippen LogP contribution >= 0.6 is 22.6 Å². The summed E-state index contributed by atoms with van der Waals surface area (Å²) in [6, 6.07) is 27.1. The van der Waals surface area contributed by atoms with Crippen LogP contribution in [0.3, 0.4) is 0 Å². The van der Waals surface area contributed by atoms with Crippen molar-refractivity contribution in [1.82, 2.24) is 30.7 Å². The smallest absolute Gasteiger partial charge is 0.233 e. The molecule has 0 N–H and O–H groups in total. The first-order valence-corrected chi connectivity index (χ1v) is 14.7. The number of hydrogen-bond acceptors (Lipinski definition) is 11. The summed E-state index contributed by atoms with van der Waals surface area (Å²) in [6.45, 7) is 4.42. The van der Waals surface area contributed by atoms with Crippen molar-refractivity contribution in [2.45, 2.75) is 27.1 Å². The zero-order valence-electron chi connectivity index (χ0n) is 24.6. The van der Waals surface area contributed by atoms with E-state index in [2.05, 4.69) is 53.3 Å². The summed E-state index contributed by atoms with van der Waals surface area (Å²) in [7, 11) is 3.83. The van der Waals surface area contributed by atoms with Gasteiger partial charge in [-0.15, -0.1) is 20.4 Å². The highest BCUT2D eigenvalue weighted by molar-refractivity contribution is 14.1. The number of rotatable bonds is 9. The number of anilines is 1. The molecule has 4 aromatic heterocycles. The van der Waals surface area contributed by atoms with Gasteiger partial charge in [0.25, 0.3) is 0 Å². The van der Waals surface area contributed by atoms with E-state index in [1.54, 1.807) is 12.1 Å². The molecule has 0 atom stereocenters. The lowest BCUT2D eigenvalue weighted by Crippen LogP contribution is -2.11. The van der Waals surface area contributed by atoms with E-state index >= 15 is 0 Å². The van der Waals surface area contributed by atoms with Gasteiger partial charge in [0, 0.05) is 37.4 Å². The minimum Gasteiger partial charge on any atom is -0.472 e. The number of halogens is 1. The Morgan fingerprint density at radius 1 is 0.614 bits per heavy atom. The molecule has 0 unspecified atom stereocenters. The first-order valence-electron chi connectivity index (χ1n) is 13.7. The Morgan fingerprint density at radius 2 is 1.09 bits per heavy atom. The van der Waals surface area contributed by atoms with E-state index in [9.17, 15) is 0 Å². The van der Waals surface area contributed by atoms with Crippen LogP contribution in [0.2, 0.25) is 0 Å². The molecule has 0 saturated carbocycles. The number of ether oxygens (including phenoxy) is 2. The van der Waals surface area contributed by atoms with Crippen LogP contribution in [0.5, 0.6) is 11.8 Å². The fraction of sp³-hybridized carbons (Fsp3) is 0.188. The summed E-state index contributed by atoms with van der Waals surface area (Å²) < 4.78 is 22.8. The third-order valence-corrected chi connectivity index (χ3v) is 7.06. The Morgan fingerprint density at radius 3 is 1.50 bits per heavy atom. The summed E-state index contributed by atoms with van der Waals surface area (Å²) in [6.07, 6.45) is 0. The van der Waals surface area contributed by atoms with Crippen molar-refractivity contribution < 1.29 is 18.5 Å². The van der Waals surface area contributed by atoms with Gasteiger partial charge in [-0.25, -0.2) is 0 Å². The van der Waals surface area contributed by atoms with Gasteiger partial charge in [0.1, 0.15) is 39.8 Å². The molecule has 6 aromatic rings. The molecule has 0 spiro atoms. The maximum Gasteiger partial charge on any atom is 0.233 e. The Bertz CT molecular complexity index is 1760. The predicted molar refractivity (Wildman–Crippen MR) is 173 cm³/mol. The van der Waals surface area contributed by atoms with Crippen molar-refractivity contribution >= 4 is 28.4 Å². The molecule has 44 heavy (non-hydrogen) atoms. The van der Waals surface area contributed by atoms with Crippen LogP contribution in [0.4, 0.5) is 5.82 Å². The van der Waals surface area contributed by atoms with Gasteiger partial charge in [-0.2, -0.15) is 0 Å². The Labute approximate surface area is 268 Å². The zero-order chi connectivity index (χ0) is 30.9. The average Bonchev–Trinajstić information content (AvgIpc) is 3.62. The standard InChI is InChI=1S/C17H18N4O2.C15H12IN3O2/c1-12-14(17(20-23-12)13-7-5-4-6-8-13)11-22-16-10-9-15(18-19-16)21(2)3;1-10-12(9-20-14-8-7-13(16)17-18-14)15(19-21-10)11-5-3-2-4-6-11/h4-10H,11H2,1-3H3;2-8H,9H2,1H3. The summed E-state index contributed by atoms with van der Waals surface area (Å²) in [5.41, 5.74) is 5.42. The molecule has 12 heteroatoms. The number of benzene rings is 2. The predicted octanol–water partition coefficient (Wildman–Crippen LogP) is 6.71. The molecule has 0 aliphatic heterocycles. The number of aryl methyl sites for hydroxylation is 2. The highest BCUT2D eigenvalue weighted by Crippen LogP contribution is 2.27. The fourth-order valence-corrected chi connectivity index (χ4v) is 4.36. The lowest BCUT2D eigenvalue weighted by atomic mass is 10.1. The van der Waals surface area contributed by atoms with Crippen LogP contribution in [0.1, 0.15) is 22.6 Å². The average molecular weight is 704 g/mol. The number of hydrogen-bond donors (Lipinski definition) is 0. The van der Waals surface area contributed by atoms with Crippen LogP contribution in [0.15, 0.2) is 94.0 Å². The normalized spacial score (nSPS) is 10.6. The van der Waals surface area contributed by atoms with E-state index in [1.807, 2.05) is 106 Å². The lowest BCUT2D eigenvalue weighted by molar-refractivity contribution is 0.286. The molecule has 2 aromatic carbocycles. The minimum atomic E-state index is 0.329. The van der Waals surface area contributed by atoms with Crippen LogP contribution < -0.4 is 14.4 Å². The van der Waals surface area contributed by atoms with Gasteiger partial charge in [-0.05, 0) is 48.6 Å². The molecule has 4 heterocycles. The van der Waals surface area contributed by atoms with Crippen LogP contribution in [0, 0.1) is 17.5 Å². The van der Waals surface area contributed by atoms with E-state index in [-0.39, 0.29) is 0 Å². The first kappa shape index (κ1) is 30.6. The van der Waals surface area contributed by atoms with E-state index < -0.39 is 0 Å². The Kier molecular flexibility index (Phi) is 10.1. The zero-order valence-corrected chi connectivity index (χ0v) is 26.8. The molecular weight excluding hydrogens is 673 g/mol. The van der Waals surface area contributed by atoms with Gasteiger partial charge < -0.3 is 23.4 Å². The monoisotopic (exact) mass is 703 g/mol. The van der Waals surface area contributed by atoms with E-state index in [1.165, 1.54) is 0 Å². The molecule has 6 rings (SSSR count). The van der Waals surface area contributed by atoms with Crippen LogP contribution in [-0.2, 0) is 13.2 Å². The molecule has 0 aliphatic carbocycles. The molecule has 0 bridgehead atoms. The van der Waals surface area contributed by atoms with E-state index in [4.69, 9.17) is 18.5 Å². The summed E-state index contributed by atoms with van der Waals surface area (Å²) in [5, 5.41) is 24.4. The van der Waals surface area contributed by atoms with Crippen LogP contribution in [-0.4, -0.2) is 44.8 Å². The molecule has 11 nitrogen and oxygen atoms in total. The maximum absolute atomic E-state index is 5.74. The van der Waals surface area contributed by atoms with Gasteiger partial charge in [0.2, 0.25) is 11.8 Å². The highest BCUT2D eigenvalue weighted by atomic mass is 127. The second kappa shape index (κ2) is 14.6. The van der Waals surface area contributed by atoms with Crippen molar-refractivity contribution in [3.8, 4) is 34.3 Å².